The average Bonchev–Trinajstić information content (AvgIpc) is 3.28. The van der Waals surface area contributed by atoms with Gasteiger partial charge in [-0.15, -0.1) is 13.2 Å². The van der Waals surface area contributed by atoms with Gasteiger partial charge in [-0.2, -0.15) is 10.2 Å². The van der Waals surface area contributed by atoms with E-state index in [0.29, 0.717) is 22.6 Å². The fourth-order valence-corrected chi connectivity index (χ4v) is 3.46. The Labute approximate surface area is 184 Å². The molecule has 0 atom stereocenters. The number of aromatic nitrogens is 5. The van der Waals surface area contributed by atoms with Crippen molar-refractivity contribution < 1.29 is 17.9 Å². The summed E-state index contributed by atoms with van der Waals surface area (Å²) >= 11 is 0. The van der Waals surface area contributed by atoms with E-state index in [1.54, 1.807) is 23.1 Å². The average molecular weight is 449 g/mol. The molecule has 0 bridgehead atoms. The van der Waals surface area contributed by atoms with Crippen LogP contribution in [0.4, 0.5) is 13.2 Å². The normalized spacial score (nSPS) is 11.6. The van der Waals surface area contributed by atoms with Crippen LogP contribution in [-0.2, 0) is 0 Å². The van der Waals surface area contributed by atoms with Crippen LogP contribution in [0.3, 0.4) is 0 Å². The van der Waals surface area contributed by atoms with E-state index in [2.05, 4.69) is 19.9 Å². The monoisotopic (exact) mass is 449 g/mol. The Morgan fingerprint density at radius 2 is 1.67 bits per heavy atom. The number of benzene rings is 2. The van der Waals surface area contributed by atoms with Crippen molar-refractivity contribution in [2.45, 2.75) is 6.36 Å². The van der Waals surface area contributed by atoms with E-state index < -0.39 is 6.36 Å². The first-order valence-corrected chi connectivity index (χ1v) is 9.74. The third-order valence-corrected chi connectivity index (χ3v) is 4.87. The van der Waals surface area contributed by atoms with Crippen LogP contribution >= 0.6 is 0 Å². The molecular weight excluding hydrogens is 435 g/mol. The molecule has 2 aromatic carbocycles. The molecule has 0 amide bonds. The first-order chi connectivity index (χ1) is 15.9. The van der Waals surface area contributed by atoms with Gasteiger partial charge in [0.1, 0.15) is 5.75 Å². The molecule has 0 unspecified atom stereocenters. The molecule has 0 aliphatic rings. The molecule has 33 heavy (non-hydrogen) atoms. The number of para-hydroxylation sites is 1. The second-order valence-corrected chi connectivity index (χ2v) is 7.00. The molecule has 5 aromatic rings. The SMILES string of the molecule is O=c1ccn(-c2ccc(OC(F)(F)F)cc2)nc1-c1ccnn1-c1cccc2cccnc12. The maximum absolute atomic E-state index is 12.7. The van der Waals surface area contributed by atoms with Gasteiger partial charge >= 0.3 is 6.36 Å². The summed E-state index contributed by atoms with van der Waals surface area (Å²) in [5.74, 6) is -0.353. The quantitative estimate of drug-likeness (QED) is 0.403. The van der Waals surface area contributed by atoms with E-state index in [9.17, 15) is 18.0 Å². The van der Waals surface area contributed by atoms with Gasteiger partial charge in [-0.05, 0) is 42.5 Å². The summed E-state index contributed by atoms with van der Waals surface area (Å²) in [6.07, 6.45) is -0.113. The third-order valence-electron chi connectivity index (χ3n) is 4.87. The molecule has 3 heterocycles. The molecule has 0 saturated carbocycles. The molecule has 164 valence electrons. The highest BCUT2D eigenvalue weighted by Gasteiger charge is 2.31. The lowest BCUT2D eigenvalue weighted by molar-refractivity contribution is -0.274. The molecule has 5 rings (SSSR count). The Morgan fingerprint density at radius 1 is 0.879 bits per heavy atom. The number of nitrogens with zero attached hydrogens (tertiary/aromatic N) is 5. The van der Waals surface area contributed by atoms with Gasteiger partial charge < -0.3 is 4.74 Å². The van der Waals surface area contributed by atoms with E-state index in [4.69, 9.17) is 0 Å². The largest absolute Gasteiger partial charge is 0.573 e. The van der Waals surface area contributed by atoms with Crippen molar-refractivity contribution in [3.63, 3.8) is 0 Å². The molecule has 10 heteroatoms. The zero-order chi connectivity index (χ0) is 23.0. The minimum Gasteiger partial charge on any atom is -0.406 e. The summed E-state index contributed by atoms with van der Waals surface area (Å²) in [7, 11) is 0. The standard InChI is InChI=1S/C23H14F3N5O2/c24-23(25,26)33-17-8-6-16(7-9-17)30-14-11-20(32)22(29-30)19-10-13-28-31(19)18-5-1-3-15-4-2-12-27-21(15)18/h1-14H. The van der Waals surface area contributed by atoms with Gasteiger partial charge in [-0.3, -0.25) is 9.78 Å². The molecule has 7 nitrogen and oxygen atoms in total. The summed E-state index contributed by atoms with van der Waals surface area (Å²) in [5.41, 5.74) is 2.07. The topological polar surface area (TPSA) is 74.8 Å². The van der Waals surface area contributed by atoms with Gasteiger partial charge in [-0.1, -0.05) is 18.2 Å². The second-order valence-electron chi connectivity index (χ2n) is 7.00. The molecule has 0 aliphatic carbocycles. The van der Waals surface area contributed by atoms with Gasteiger partial charge in [0, 0.05) is 23.8 Å². The smallest absolute Gasteiger partial charge is 0.406 e. The molecule has 0 saturated heterocycles. The Morgan fingerprint density at radius 3 is 2.45 bits per heavy atom. The van der Waals surface area contributed by atoms with Crippen molar-refractivity contribution in [3.8, 4) is 28.5 Å². The van der Waals surface area contributed by atoms with Crippen LogP contribution in [0.15, 0.2) is 90.1 Å². The zero-order valence-electron chi connectivity index (χ0n) is 16.8. The lowest BCUT2D eigenvalue weighted by Crippen LogP contribution is -2.17. The van der Waals surface area contributed by atoms with Crippen LogP contribution in [0.25, 0.3) is 33.7 Å². The maximum Gasteiger partial charge on any atom is 0.573 e. The first kappa shape index (κ1) is 20.4. The molecule has 0 spiro atoms. The predicted octanol–water partition coefficient (Wildman–Crippen LogP) is 4.53. The van der Waals surface area contributed by atoms with Crippen molar-refractivity contribution in [2.24, 2.45) is 0 Å². The van der Waals surface area contributed by atoms with Crippen molar-refractivity contribution >= 4 is 10.9 Å². The van der Waals surface area contributed by atoms with Crippen LogP contribution in [-0.4, -0.2) is 30.9 Å². The summed E-state index contributed by atoms with van der Waals surface area (Å²) < 4.78 is 44.1. The Balaban J connectivity index is 1.57. The summed E-state index contributed by atoms with van der Waals surface area (Å²) in [6.45, 7) is 0. The highest BCUT2D eigenvalue weighted by atomic mass is 19.4. The molecule has 0 fully saturated rings. The number of pyridine rings is 1. The highest BCUT2D eigenvalue weighted by molar-refractivity contribution is 5.86. The van der Waals surface area contributed by atoms with Crippen molar-refractivity contribution in [2.75, 3.05) is 0 Å². The fraction of sp³-hybridized carbons (Fsp3) is 0.0435. The van der Waals surface area contributed by atoms with E-state index in [1.807, 2.05) is 30.3 Å². The Kier molecular flexibility index (Phi) is 4.89. The molecule has 0 N–H and O–H groups in total. The Bertz CT molecular complexity index is 1500. The molecule has 3 aromatic heterocycles. The second kappa shape index (κ2) is 7.90. The molecule has 0 aliphatic heterocycles. The van der Waals surface area contributed by atoms with Crippen molar-refractivity contribution in [3.05, 3.63) is 95.5 Å². The van der Waals surface area contributed by atoms with Gasteiger partial charge in [0.05, 0.1) is 28.8 Å². The minimum absolute atomic E-state index is 0.124. The van der Waals surface area contributed by atoms with E-state index in [-0.39, 0.29) is 16.9 Å². The van der Waals surface area contributed by atoms with Gasteiger partial charge in [0.15, 0.2) is 5.69 Å². The fourth-order valence-electron chi connectivity index (χ4n) is 3.46. The number of hydrogen-bond donors (Lipinski definition) is 0. The maximum atomic E-state index is 12.7. The van der Waals surface area contributed by atoms with E-state index in [1.165, 1.54) is 41.2 Å². The number of fused-ring (bicyclic) bond motifs is 1. The zero-order valence-corrected chi connectivity index (χ0v) is 16.8. The molecule has 0 radical (unpaired) electrons. The number of alkyl halides is 3. The predicted molar refractivity (Wildman–Crippen MR) is 114 cm³/mol. The van der Waals surface area contributed by atoms with Gasteiger partial charge in [0.2, 0.25) is 5.43 Å². The van der Waals surface area contributed by atoms with E-state index in [0.717, 1.165) is 5.39 Å². The van der Waals surface area contributed by atoms with Crippen LogP contribution in [0.5, 0.6) is 5.75 Å². The molecular formula is C23H14F3N5O2. The number of halogens is 3. The van der Waals surface area contributed by atoms with Crippen LogP contribution in [0.1, 0.15) is 0 Å². The first-order valence-electron chi connectivity index (χ1n) is 9.74. The third kappa shape index (κ3) is 4.05. The van der Waals surface area contributed by atoms with Crippen LogP contribution in [0, 0.1) is 0 Å². The van der Waals surface area contributed by atoms with Gasteiger partial charge in [0.25, 0.3) is 0 Å². The minimum atomic E-state index is -4.78. The van der Waals surface area contributed by atoms with Crippen molar-refractivity contribution in [1.82, 2.24) is 24.5 Å². The lowest BCUT2D eigenvalue weighted by atomic mass is 10.2. The van der Waals surface area contributed by atoms with Gasteiger partial charge in [-0.25, -0.2) is 9.36 Å². The van der Waals surface area contributed by atoms with Crippen LogP contribution < -0.4 is 10.2 Å². The number of ether oxygens (including phenoxy) is 1. The van der Waals surface area contributed by atoms with E-state index >= 15 is 0 Å². The van der Waals surface area contributed by atoms with Crippen molar-refractivity contribution in [1.29, 1.82) is 0 Å². The summed E-state index contributed by atoms with van der Waals surface area (Å²) in [6, 6.07) is 17.6. The lowest BCUT2D eigenvalue weighted by Gasteiger charge is -2.12. The Hall–Kier alpha value is -4.47. The highest BCUT2D eigenvalue weighted by Crippen LogP contribution is 2.25. The summed E-state index contributed by atoms with van der Waals surface area (Å²) in [4.78, 5) is 17.1. The number of hydrogen-bond acceptors (Lipinski definition) is 5. The number of rotatable bonds is 4. The van der Waals surface area contributed by atoms with Crippen LogP contribution in [0.2, 0.25) is 0 Å². The summed E-state index contributed by atoms with van der Waals surface area (Å²) in [5, 5.41) is 9.70.